The summed E-state index contributed by atoms with van der Waals surface area (Å²) in [6, 6.07) is 10.5. The van der Waals surface area contributed by atoms with E-state index in [1.165, 1.54) is 23.1 Å². The zero-order valence-electron chi connectivity index (χ0n) is 12.8. The number of hydrogen-bond acceptors (Lipinski definition) is 3. The van der Waals surface area contributed by atoms with Crippen molar-refractivity contribution >= 4 is 11.7 Å². The summed E-state index contributed by atoms with van der Waals surface area (Å²) in [7, 11) is 0. The minimum absolute atomic E-state index is 0.295. The number of halogens is 3. The molecule has 2 aromatic rings. The maximum Gasteiger partial charge on any atom is 0.417 e. The van der Waals surface area contributed by atoms with Crippen molar-refractivity contribution in [1.29, 1.82) is 0 Å². The second-order valence-electron chi connectivity index (χ2n) is 5.51. The van der Waals surface area contributed by atoms with Crippen molar-refractivity contribution in [2.45, 2.75) is 6.18 Å². The smallest absolute Gasteiger partial charge is 0.353 e. The second kappa shape index (κ2) is 6.51. The van der Waals surface area contributed by atoms with Crippen LogP contribution >= 0.6 is 0 Å². The highest BCUT2D eigenvalue weighted by atomic mass is 19.4. The van der Waals surface area contributed by atoms with Crippen LogP contribution in [0.25, 0.3) is 0 Å². The number of carbonyl (C=O) groups is 1. The van der Waals surface area contributed by atoms with Crippen molar-refractivity contribution in [3.8, 4) is 0 Å². The lowest BCUT2D eigenvalue weighted by Crippen LogP contribution is -2.49. The minimum atomic E-state index is -4.54. The largest absolute Gasteiger partial charge is 0.417 e. The summed E-state index contributed by atoms with van der Waals surface area (Å²) in [5.41, 5.74) is -1.18. The van der Waals surface area contributed by atoms with Gasteiger partial charge in [-0.05, 0) is 24.3 Å². The van der Waals surface area contributed by atoms with Gasteiger partial charge in [0.1, 0.15) is 5.82 Å². The molecule has 0 radical (unpaired) electrons. The summed E-state index contributed by atoms with van der Waals surface area (Å²) >= 11 is 0. The van der Waals surface area contributed by atoms with Gasteiger partial charge in [-0.15, -0.1) is 0 Å². The summed E-state index contributed by atoms with van der Waals surface area (Å²) in [4.78, 5) is 20.2. The van der Waals surface area contributed by atoms with Crippen LogP contribution in [-0.4, -0.2) is 42.0 Å². The Labute approximate surface area is 137 Å². The van der Waals surface area contributed by atoms with E-state index in [9.17, 15) is 18.0 Å². The Morgan fingerprint density at radius 3 is 2.25 bits per heavy atom. The number of alkyl halides is 3. The molecule has 0 atom stereocenters. The first-order chi connectivity index (χ1) is 11.5. The molecular formula is C17H16F3N3O. The van der Waals surface area contributed by atoms with Gasteiger partial charge in [-0.1, -0.05) is 18.2 Å². The number of pyridine rings is 1. The second-order valence-corrected chi connectivity index (χ2v) is 5.51. The first-order valence-corrected chi connectivity index (χ1v) is 7.58. The van der Waals surface area contributed by atoms with Gasteiger partial charge < -0.3 is 9.80 Å². The molecule has 24 heavy (non-hydrogen) atoms. The third kappa shape index (κ3) is 3.34. The number of aromatic nitrogens is 1. The first-order valence-electron chi connectivity index (χ1n) is 7.58. The predicted octanol–water partition coefficient (Wildman–Crippen LogP) is 3.06. The van der Waals surface area contributed by atoms with E-state index in [2.05, 4.69) is 4.98 Å². The number of carbonyl (C=O) groups excluding carboxylic acids is 1. The van der Waals surface area contributed by atoms with Gasteiger partial charge in [-0.2, -0.15) is 13.2 Å². The van der Waals surface area contributed by atoms with E-state index < -0.39 is 17.6 Å². The quantitative estimate of drug-likeness (QED) is 0.846. The number of anilines is 1. The van der Waals surface area contributed by atoms with Crippen LogP contribution in [0.3, 0.4) is 0 Å². The standard InChI is InChI=1S/C17H16F3N3O/c18-17(19,20)14-6-2-1-5-13(14)16(24)23-11-9-22(10-12-23)15-7-3-4-8-21-15/h1-8H,9-12H2. The molecule has 7 heteroatoms. The Morgan fingerprint density at radius 1 is 0.958 bits per heavy atom. The number of amides is 1. The van der Waals surface area contributed by atoms with Crippen LogP contribution in [0.1, 0.15) is 15.9 Å². The fourth-order valence-corrected chi connectivity index (χ4v) is 2.77. The highest BCUT2D eigenvalue weighted by molar-refractivity contribution is 5.96. The summed E-state index contributed by atoms with van der Waals surface area (Å²) < 4.78 is 39.2. The molecule has 0 unspecified atom stereocenters. The molecule has 1 amide bonds. The van der Waals surface area contributed by atoms with Crippen LogP contribution < -0.4 is 4.90 Å². The molecule has 0 saturated carbocycles. The molecule has 0 N–H and O–H groups in total. The summed E-state index contributed by atoms with van der Waals surface area (Å²) in [6.45, 7) is 1.80. The Kier molecular flexibility index (Phi) is 4.42. The van der Waals surface area contributed by atoms with Gasteiger partial charge in [-0.25, -0.2) is 4.98 Å². The van der Waals surface area contributed by atoms with E-state index in [0.717, 1.165) is 11.9 Å². The number of hydrogen-bond donors (Lipinski definition) is 0. The zero-order valence-corrected chi connectivity index (χ0v) is 12.8. The van der Waals surface area contributed by atoms with Gasteiger partial charge >= 0.3 is 6.18 Å². The summed E-state index contributed by atoms with van der Waals surface area (Å²) in [6.07, 6.45) is -2.85. The van der Waals surface area contributed by atoms with Crippen LogP contribution in [0.2, 0.25) is 0 Å². The summed E-state index contributed by atoms with van der Waals surface area (Å²) in [5.74, 6) is 0.226. The van der Waals surface area contributed by atoms with E-state index in [4.69, 9.17) is 0 Å². The maximum atomic E-state index is 13.1. The lowest BCUT2D eigenvalue weighted by Gasteiger charge is -2.35. The van der Waals surface area contributed by atoms with E-state index >= 15 is 0 Å². The highest BCUT2D eigenvalue weighted by Gasteiger charge is 2.36. The van der Waals surface area contributed by atoms with Crippen molar-refractivity contribution in [3.05, 3.63) is 59.8 Å². The normalized spacial score (nSPS) is 15.5. The van der Waals surface area contributed by atoms with Gasteiger partial charge in [0, 0.05) is 32.4 Å². The fourth-order valence-electron chi connectivity index (χ4n) is 2.77. The number of rotatable bonds is 2. The monoisotopic (exact) mass is 335 g/mol. The molecule has 1 aromatic heterocycles. The molecule has 4 nitrogen and oxygen atoms in total. The third-order valence-electron chi connectivity index (χ3n) is 4.00. The molecule has 0 aliphatic carbocycles. The van der Waals surface area contributed by atoms with Crippen LogP contribution in [0.4, 0.5) is 19.0 Å². The van der Waals surface area contributed by atoms with Crippen LogP contribution in [-0.2, 0) is 6.18 Å². The van der Waals surface area contributed by atoms with E-state index in [0.29, 0.717) is 26.2 Å². The van der Waals surface area contributed by atoms with Crippen molar-refractivity contribution in [3.63, 3.8) is 0 Å². The molecule has 1 aliphatic heterocycles. The van der Waals surface area contributed by atoms with E-state index in [1.54, 1.807) is 6.20 Å². The Bertz CT molecular complexity index is 711. The summed E-state index contributed by atoms with van der Waals surface area (Å²) in [5, 5.41) is 0. The fraction of sp³-hybridized carbons (Fsp3) is 0.294. The van der Waals surface area contributed by atoms with Crippen molar-refractivity contribution in [2.75, 3.05) is 31.1 Å². The molecule has 126 valence electrons. The Balaban J connectivity index is 1.72. The van der Waals surface area contributed by atoms with Crippen molar-refractivity contribution in [1.82, 2.24) is 9.88 Å². The van der Waals surface area contributed by atoms with Crippen molar-refractivity contribution in [2.24, 2.45) is 0 Å². The molecule has 0 spiro atoms. The number of nitrogens with zero attached hydrogens (tertiary/aromatic N) is 3. The third-order valence-corrected chi connectivity index (χ3v) is 4.00. The highest BCUT2D eigenvalue weighted by Crippen LogP contribution is 2.32. The average molecular weight is 335 g/mol. The topological polar surface area (TPSA) is 36.4 Å². The van der Waals surface area contributed by atoms with Crippen LogP contribution in [0.15, 0.2) is 48.7 Å². The number of piperazine rings is 1. The molecule has 1 saturated heterocycles. The molecule has 2 heterocycles. The molecule has 1 fully saturated rings. The Hall–Kier alpha value is -2.57. The van der Waals surface area contributed by atoms with Crippen LogP contribution in [0.5, 0.6) is 0 Å². The molecule has 0 bridgehead atoms. The van der Waals surface area contributed by atoms with Gasteiger partial charge in [0.25, 0.3) is 5.91 Å². The lowest BCUT2D eigenvalue weighted by atomic mass is 10.1. The SMILES string of the molecule is O=C(c1ccccc1C(F)(F)F)N1CCN(c2ccccn2)CC1. The zero-order chi connectivity index (χ0) is 17.2. The molecule has 1 aliphatic rings. The molecule has 3 rings (SSSR count). The number of benzene rings is 1. The Morgan fingerprint density at radius 2 is 1.62 bits per heavy atom. The average Bonchev–Trinajstić information content (AvgIpc) is 2.61. The van der Waals surface area contributed by atoms with Gasteiger partial charge in [0.05, 0.1) is 11.1 Å². The van der Waals surface area contributed by atoms with E-state index in [1.807, 2.05) is 23.1 Å². The van der Waals surface area contributed by atoms with Gasteiger partial charge in [0.2, 0.25) is 0 Å². The minimum Gasteiger partial charge on any atom is -0.353 e. The van der Waals surface area contributed by atoms with Crippen molar-refractivity contribution < 1.29 is 18.0 Å². The first kappa shape index (κ1) is 16.3. The maximum absolute atomic E-state index is 13.1. The van der Waals surface area contributed by atoms with Crippen LogP contribution in [0, 0.1) is 0 Å². The predicted molar refractivity (Wildman–Crippen MR) is 83.8 cm³/mol. The van der Waals surface area contributed by atoms with Gasteiger partial charge in [0.15, 0.2) is 0 Å². The van der Waals surface area contributed by atoms with Gasteiger partial charge in [-0.3, -0.25) is 4.79 Å². The van der Waals surface area contributed by atoms with E-state index in [-0.39, 0.29) is 5.56 Å². The molecule has 1 aromatic carbocycles. The molecular weight excluding hydrogens is 319 g/mol. The lowest BCUT2D eigenvalue weighted by molar-refractivity contribution is -0.138.